The third-order valence-electron chi connectivity index (χ3n) is 2.63. The maximum Gasteiger partial charge on any atom is 0.258 e. The van der Waals surface area contributed by atoms with Crippen LogP contribution in [-0.4, -0.2) is 24.5 Å². The van der Waals surface area contributed by atoms with Crippen molar-refractivity contribution in [1.82, 2.24) is 5.32 Å². The van der Waals surface area contributed by atoms with Crippen LogP contribution in [0.5, 0.6) is 5.75 Å². The van der Waals surface area contributed by atoms with E-state index in [2.05, 4.69) is 5.32 Å². The minimum atomic E-state index is -1.32. The van der Waals surface area contributed by atoms with Crippen LogP contribution in [0.4, 0.5) is 0 Å². The van der Waals surface area contributed by atoms with Crippen molar-refractivity contribution in [3.8, 4) is 5.75 Å². The molecule has 1 aromatic rings. The number of rotatable bonds is 6. The Morgan fingerprint density at radius 3 is 2.47 bits per heavy atom. The predicted molar refractivity (Wildman–Crippen MR) is 68.6 cm³/mol. The number of carbonyl (C=O) groups excluding carboxylic acids is 2. The number of carboxylic acids is 1. The van der Waals surface area contributed by atoms with Gasteiger partial charge in [0.1, 0.15) is 5.75 Å². The molecule has 0 aliphatic rings. The van der Waals surface area contributed by atoms with Gasteiger partial charge in [0.25, 0.3) is 5.91 Å². The SMILES string of the molecule is CC(C)c1ccccc1OCC(=O)N[C@@H](C)C(=O)[O-]. The molecule has 0 aliphatic carbocycles. The van der Waals surface area contributed by atoms with Crippen LogP contribution in [0.25, 0.3) is 0 Å². The highest BCUT2D eigenvalue weighted by Gasteiger charge is 2.11. The van der Waals surface area contributed by atoms with Crippen molar-refractivity contribution < 1.29 is 19.4 Å². The largest absolute Gasteiger partial charge is 0.548 e. The molecule has 19 heavy (non-hydrogen) atoms. The van der Waals surface area contributed by atoms with Gasteiger partial charge in [-0.25, -0.2) is 0 Å². The minimum absolute atomic E-state index is 0.221. The van der Waals surface area contributed by atoms with E-state index < -0.39 is 17.9 Å². The highest BCUT2D eigenvalue weighted by Crippen LogP contribution is 2.25. The quantitative estimate of drug-likeness (QED) is 0.808. The summed E-state index contributed by atoms with van der Waals surface area (Å²) in [5.41, 5.74) is 1.00. The van der Waals surface area contributed by atoms with Crippen molar-refractivity contribution in [2.24, 2.45) is 0 Å². The summed E-state index contributed by atoms with van der Waals surface area (Å²) in [7, 11) is 0. The zero-order valence-corrected chi connectivity index (χ0v) is 11.3. The average molecular weight is 264 g/mol. The zero-order chi connectivity index (χ0) is 14.4. The summed E-state index contributed by atoms with van der Waals surface area (Å²) in [4.78, 5) is 22.0. The first-order valence-corrected chi connectivity index (χ1v) is 6.13. The number of amides is 1. The third kappa shape index (κ3) is 4.62. The van der Waals surface area contributed by atoms with Crippen molar-refractivity contribution in [1.29, 1.82) is 0 Å². The molecule has 0 radical (unpaired) electrons. The van der Waals surface area contributed by atoms with Crippen LogP contribution >= 0.6 is 0 Å². The van der Waals surface area contributed by atoms with Crippen LogP contribution in [0.15, 0.2) is 24.3 Å². The number of aliphatic carboxylic acids is 1. The Balaban J connectivity index is 2.58. The van der Waals surface area contributed by atoms with Gasteiger partial charge in [-0.15, -0.1) is 0 Å². The second-order valence-corrected chi connectivity index (χ2v) is 4.59. The van der Waals surface area contributed by atoms with E-state index in [4.69, 9.17) is 4.74 Å². The molecule has 0 heterocycles. The number of carbonyl (C=O) groups is 2. The molecular weight excluding hydrogens is 246 g/mol. The van der Waals surface area contributed by atoms with E-state index in [0.29, 0.717) is 5.75 Å². The average Bonchev–Trinajstić information content (AvgIpc) is 2.36. The minimum Gasteiger partial charge on any atom is -0.548 e. The molecule has 0 saturated heterocycles. The van der Waals surface area contributed by atoms with Crippen LogP contribution in [0.1, 0.15) is 32.3 Å². The fraction of sp³-hybridized carbons (Fsp3) is 0.429. The summed E-state index contributed by atoms with van der Waals surface area (Å²) < 4.78 is 5.42. The standard InChI is InChI=1S/C14H19NO4/c1-9(2)11-6-4-5-7-12(11)19-8-13(16)15-10(3)14(17)18/h4-7,9-10H,8H2,1-3H3,(H,15,16)(H,17,18)/p-1/t10-/m0/s1. The summed E-state index contributed by atoms with van der Waals surface area (Å²) in [6.07, 6.45) is 0. The van der Waals surface area contributed by atoms with Crippen LogP contribution in [0.3, 0.4) is 0 Å². The summed E-state index contributed by atoms with van der Waals surface area (Å²) in [5.74, 6) is -0.902. The van der Waals surface area contributed by atoms with E-state index in [1.807, 2.05) is 32.0 Å². The van der Waals surface area contributed by atoms with Gasteiger partial charge in [-0.05, 0) is 24.5 Å². The lowest BCUT2D eigenvalue weighted by Crippen LogP contribution is -2.47. The molecule has 104 valence electrons. The highest BCUT2D eigenvalue weighted by atomic mass is 16.5. The van der Waals surface area contributed by atoms with Crippen molar-refractivity contribution >= 4 is 11.9 Å². The molecule has 1 rings (SSSR count). The Morgan fingerprint density at radius 2 is 1.89 bits per heavy atom. The topological polar surface area (TPSA) is 78.5 Å². The monoisotopic (exact) mass is 264 g/mol. The first kappa shape index (κ1) is 15.0. The van der Waals surface area contributed by atoms with Crippen LogP contribution in [0.2, 0.25) is 0 Å². The molecule has 0 saturated carbocycles. The number of ether oxygens (including phenoxy) is 1. The molecule has 5 nitrogen and oxygen atoms in total. The molecule has 0 bridgehead atoms. The Bertz CT molecular complexity index is 457. The number of carboxylic acid groups (broad SMARTS) is 1. The molecule has 0 aliphatic heterocycles. The Morgan fingerprint density at radius 1 is 1.26 bits per heavy atom. The van der Waals surface area contributed by atoms with Gasteiger partial charge in [0.2, 0.25) is 0 Å². The van der Waals surface area contributed by atoms with Gasteiger partial charge in [0, 0.05) is 0 Å². The first-order valence-electron chi connectivity index (χ1n) is 6.13. The van der Waals surface area contributed by atoms with Crippen molar-refractivity contribution in [2.45, 2.75) is 32.7 Å². The van der Waals surface area contributed by atoms with E-state index in [0.717, 1.165) is 5.56 Å². The van der Waals surface area contributed by atoms with Crippen molar-refractivity contribution in [2.75, 3.05) is 6.61 Å². The van der Waals surface area contributed by atoms with Gasteiger partial charge < -0.3 is 20.0 Å². The fourth-order valence-electron chi connectivity index (χ4n) is 1.57. The second kappa shape index (κ2) is 6.78. The van der Waals surface area contributed by atoms with Gasteiger partial charge in [-0.1, -0.05) is 32.0 Å². The molecule has 1 aromatic carbocycles. The van der Waals surface area contributed by atoms with E-state index in [-0.39, 0.29) is 12.5 Å². The van der Waals surface area contributed by atoms with Crippen LogP contribution < -0.4 is 15.2 Å². The van der Waals surface area contributed by atoms with E-state index in [9.17, 15) is 14.7 Å². The maximum atomic E-state index is 11.5. The molecule has 0 spiro atoms. The number of nitrogens with one attached hydrogen (secondary N) is 1. The van der Waals surface area contributed by atoms with Gasteiger partial charge in [-0.2, -0.15) is 0 Å². The lowest BCUT2D eigenvalue weighted by atomic mass is 10.0. The molecule has 0 aromatic heterocycles. The summed E-state index contributed by atoms with van der Waals surface area (Å²) in [6, 6.07) is 6.41. The number of benzene rings is 1. The van der Waals surface area contributed by atoms with Gasteiger partial charge in [0.05, 0.1) is 12.0 Å². The molecular formula is C14H18NO4-. The van der Waals surface area contributed by atoms with Crippen molar-refractivity contribution in [3.63, 3.8) is 0 Å². The number of hydrogen-bond acceptors (Lipinski definition) is 4. The molecule has 0 unspecified atom stereocenters. The molecule has 1 N–H and O–H groups in total. The summed E-state index contributed by atoms with van der Waals surface area (Å²) in [5, 5.41) is 12.8. The zero-order valence-electron chi connectivity index (χ0n) is 11.3. The smallest absolute Gasteiger partial charge is 0.258 e. The Labute approximate surface area is 112 Å². The lowest BCUT2D eigenvalue weighted by molar-refractivity contribution is -0.307. The molecule has 5 heteroatoms. The third-order valence-corrected chi connectivity index (χ3v) is 2.63. The fourth-order valence-corrected chi connectivity index (χ4v) is 1.57. The Kier molecular flexibility index (Phi) is 5.36. The summed E-state index contributed by atoms with van der Waals surface area (Å²) in [6.45, 7) is 5.18. The van der Waals surface area contributed by atoms with E-state index in [1.165, 1.54) is 6.92 Å². The highest BCUT2D eigenvalue weighted by molar-refractivity contribution is 5.83. The number of hydrogen-bond donors (Lipinski definition) is 1. The normalized spacial score (nSPS) is 12.0. The summed E-state index contributed by atoms with van der Waals surface area (Å²) >= 11 is 0. The predicted octanol–water partition coefficient (Wildman–Crippen LogP) is 0.443. The molecule has 1 atom stereocenters. The van der Waals surface area contributed by atoms with Crippen LogP contribution in [0, 0.1) is 0 Å². The van der Waals surface area contributed by atoms with Crippen molar-refractivity contribution in [3.05, 3.63) is 29.8 Å². The Hall–Kier alpha value is -2.04. The molecule has 1 amide bonds. The van der Waals surface area contributed by atoms with Crippen LogP contribution in [-0.2, 0) is 9.59 Å². The van der Waals surface area contributed by atoms with Gasteiger partial charge in [-0.3, -0.25) is 4.79 Å². The lowest BCUT2D eigenvalue weighted by Gasteiger charge is -2.16. The number of para-hydroxylation sites is 1. The molecule has 0 fully saturated rings. The second-order valence-electron chi connectivity index (χ2n) is 4.59. The maximum absolute atomic E-state index is 11.5. The van der Waals surface area contributed by atoms with E-state index >= 15 is 0 Å². The van der Waals surface area contributed by atoms with E-state index in [1.54, 1.807) is 6.07 Å². The first-order chi connectivity index (χ1) is 8.91. The van der Waals surface area contributed by atoms with Gasteiger partial charge in [0.15, 0.2) is 6.61 Å². The van der Waals surface area contributed by atoms with Gasteiger partial charge >= 0.3 is 0 Å².